The molecule has 6 rings (SSSR count). The molecule has 4 aliphatic rings. The van der Waals surface area contributed by atoms with Crippen molar-refractivity contribution in [2.24, 2.45) is 0 Å². The van der Waals surface area contributed by atoms with Crippen LogP contribution in [0.4, 0.5) is 0 Å². The second kappa shape index (κ2) is 6.61. The Morgan fingerprint density at radius 2 is 1.08 bits per heavy atom. The Bertz CT molecular complexity index is 818. The fourth-order valence-corrected chi connectivity index (χ4v) is 5.14. The van der Waals surface area contributed by atoms with Crippen molar-refractivity contribution in [3.05, 3.63) is 82.9 Å². The maximum absolute atomic E-state index is 12.7. The molecule has 2 aromatic rings. The molecule has 2 aromatic carbocycles. The van der Waals surface area contributed by atoms with Crippen molar-refractivity contribution in [3.8, 4) is 0 Å². The Balaban J connectivity index is 2.15. The van der Waals surface area contributed by atoms with E-state index in [1.807, 2.05) is 38.1 Å². The minimum Gasteiger partial charge on any atom is -0.254 e. The van der Waals surface area contributed by atoms with Gasteiger partial charge in [0.2, 0.25) is 0 Å². The molecular formula is C20H20O2S2. The molecule has 124 valence electrons. The van der Waals surface area contributed by atoms with Crippen molar-refractivity contribution in [2.75, 3.05) is 0 Å². The van der Waals surface area contributed by atoms with Crippen LogP contribution < -0.4 is 0 Å². The van der Waals surface area contributed by atoms with Crippen LogP contribution in [0, 0.1) is 13.8 Å². The molecule has 0 radical (unpaired) electrons. The summed E-state index contributed by atoms with van der Waals surface area (Å²) in [5.74, 6) is 0.896. The maximum Gasteiger partial charge on any atom is 0.0574 e. The highest BCUT2D eigenvalue weighted by Gasteiger charge is 2.16. The number of benzene rings is 2. The van der Waals surface area contributed by atoms with Gasteiger partial charge in [-0.05, 0) is 47.2 Å². The van der Waals surface area contributed by atoms with E-state index in [-0.39, 0.29) is 0 Å². The van der Waals surface area contributed by atoms with E-state index in [0.29, 0.717) is 21.3 Å². The second-order valence-corrected chi connectivity index (χ2v) is 9.05. The van der Waals surface area contributed by atoms with Crippen molar-refractivity contribution >= 4 is 31.4 Å². The molecule has 0 saturated carbocycles. The van der Waals surface area contributed by atoms with Gasteiger partial charge in [0, 0.05) is 9.81 Å². The number of rotatable bonds is 0. The third kappa shape index (κ3) is 3.21. The molecule has 4 bridgehead atoms. The van der Waals surface area contributed by atoms with Gasteiger partial charge in [-0.3, -0.25) is 8.42 Å². The Kier molecular flexibility index (Phi) is 4.70. The van der Waals surface area contributed by atoms with Crippen molar-refractivity contribution in [3.63, 3.8) is 0 Å². The van der Waals surface area contributed by atoms with Crippen LogP contribution in [0.15, 0.2) is 49.6 Å². The summed E-state index contributed by atoms with van der Waals surface area (Å²) in [5.41, 5.74) is 5.94. The zero-order chi connectivity index (χ0) is 17.4. The monoisotopic (exact) mass is 356 g/mol. The fourth-order valence-electron chi connectivity index (χ4n) is 2.81. The smallest absolute Gasteiger partial charge is 0.0574 e. The molecule has 4 aliphatic heterocycles. The van der Waals surface area contributed by atoms with Crippen LogP contribution in [0.2, 0.25) is 0 Å². The van der Waals surface area contributed by atoms with Crippen molar-refractivity contribution in [1.29, 1.82) is 0 Å². The minimum atomic E-state index is -1.18. The zero-order valence-electron chi connectivity index (χ0n) is 13.9. The molecule has 2 nitrogen and oxygen atoms in total. The van der Waals surface area contributed by atoms with E-state index in [9.17, 15) is 8.42 Å². The zero-order valence-corrected chi connectivity index (χ0v) is 15.6. The predicted octanol–water partition coefficient (Wildman–Crippen LogP) is 4.46. The van der Waals surface area contributed by atoms with Gasteiger partial charge in [-0.15, -0.1) is 0 Å². The lowest BCUT2D eigenvalue weighted by Crippen LogP contribution is -2.05. The van der Waals surface area contributed by atoms with Gasteiger partial charge in [0.15, 0.2) is 0 Å². The van der Waals surface area contributed by atoms with Crippen molar-refractivity contribution in [2.45, 2.75) is 25.4 Å². The van der Waals surface area contributed by atoms with Gasteiger partial charge in [0.1, 0.15) is 0 Å². The average molecular weight is 357 g/mol. The first-order valence-corrected chi connectivity index (χ1v) is 10.3. The molecular weight excluding hydrogens is 336 g/mol. The minimum absolute atomic E-state index is 0.448. The SMILES string of the molecule is C=C1c2ccc(cc2)C(=C)S(=O)Cc2cc(C)c(cc2C)CS1=O. The van der Waals surface area contributed by atoms with Crippen LogP contribution in [0.3, 0.4) is 0 Å². The quantitative estimate of drug-likeness (QED) is 0.698. The first-order valence-electron chi connectivity index (χ1n) is 7.71. The van der Waals surface area contributed by atoms with E-state index in [4.69, 9.17) is 0 Å². The topological polar surface area (TPSA) is 34.1 Å². The van der Waals surface area contributed by atoms with Crippen LogP contribution in [0.25, 0.3) is 9.81 Å². The summed E-state index contributed by atoms with van der Waals surface area (Å²) in [6.45, 7) is 12.0. The number of hydrogen-bond donors (Lipinski definition) is 0. The normalized spacial score (nSPS) is 21.1. The van der Waals surface area contributed by atoms with E-state index < -0.39 is 21.6 Å². The molecule has 4 heteroatoms. The lowest BCUT2D eigenvalue weighted by Gasteiger charge is -2.15. The summed E-state index contributed by atoms with van der Waals surface area (Å²) in [6.07, 6.45) is 0. The molecule has 0 N–H and O–H groups in total. The number of hydrogen-bond acceptors (Lipinski definition) is 2. The van der Waals surface area contributed by atoms with Gasteiger partial charge in [-0.1, -0.05) is 49.6 Å². The highest BCUT2D eigenvalue weighted by atomic mass is 32.2. The van der Waals surface area contributed by atoms with Crippen LogP contribution in [-0.2, 0) is 33.1 Å². The van der Waals surface area contributed by atoms with E-state index in [2.05, 4.69) is 25.3 Å². The molecule has 24 heavy (non-hydrogen) atoms. The first kappa shape index (κ1) is 17.1. The third-order valence-electron chi connectivity index (χ3n) is 4.45. The first-order chi connectivity index (χ1) is 11.4. The summed E-state index contributed by atoms with van der Waals surface area (Å²) >= 11 is 0. The molecule has 2 unspecified atom stereocenters. The van der Waals surface area contributed by atoms with Gasteiger partial charge in [-0.2, -0.15) is 0 Å². The fraction of sp³-hybridized carbons (Fsp3) is 0.200. The van der Waals surface area contributed by atoms with Crippen LogP contribution in [0.1, 0.15) is 33.4 Å². The van der Waals surface area contributed by atoms with E-state index in [0.717, 1.165) is 33.4 Å². The van der Waals surface area contributed by atoms with Crippen molar-refractivity contribution in [1.82, 2.24) is 0 Å². The standard InChI is InChI=1S/C20H20O2S2/c1-13-9-20-12-24(22)16(4)18-7-5-17(6-8-18)15(3)23(21)11-19(13)10-14(20)2/h5-10H,3-4,11-12H2,1-2H3. The van der Waals surface area contributed by atoms with E-state index in [1.54, 1.807) is 0 Å². The second-order valence-electron chi connectivity index (χ2n) is 6.11. The van der Waals surface area contributed by atoms with Gasteiger partial charge >= 0.3 is 0 Å². The maximum atomic E-state index is 12.7. The van der Waals surface area contributed by atoms with Gasteiger partial charge in [-0.25, -0.2) is 0 Å². The lowest BCUT2D eigenvalue weighted by atomic mass is 10.0. The van der Waals surface area contributed by atoms with Gasteiger partial charge in [0.05, 0.1) is 33.1 Å². The molecule has 0 aromatic heterocycles. The van der Waals surface area contributed by atoms with Crippen LogP contribution in [0.5, 0.6) is 0 Å². The van der Waals surface area contributed by atoms with Crippen LogP contribution in [-0.4, -0.2) is 8.42 Å². The Morgan fingerprint density at radius 3 is 1.42 bits per heavy atom. The summed E-state index contributed by atoms with van der Waals surface area (Å²) in [7, 11) is -2.35. The summed E-state index contributed by atoms with van der Waals surface area (Å²) in [4.78, 5) is 1.23. The lowest BCUT2D eigenvalue weighted by molar-refractivity contribution is 0.687. The third-order valence-corrected chi connectivity index (χ3v) is 7.16. The highest BCUT2D eigenvalue weighted by molar-refractivity contribution is 7.94. The molecule has 4 heterocycles. The van der Waals surface area contributed by atoms with Crippen molar-refractivity contribution < 1.29 is 8.42 Å². The summed E-state index contributed by atoms with van der Waals surface area (Å²) in [6, 6.07) is 11.6. The Labute approximate surface area is 148 Å². The predicted molar refractivity (Wildman–Crippen MR) is 104 cm³/mol. The number of aryl methyl sites for hydroxylation is 2. The molecule has 0 fully saturated rings. The van der Waals surface area contributed by atoms with Gasteiger partial charge < -0.3 is 0 Å². The van der Waals surface area contributed by atoms with Crippen LogP contribution >= 0.6 is 0 Å². The molecule has 0 aliphatic carbocycles. The molecule has 0 saturated heterocycles. The van der Waals surface area contributed by atoms with E-state index in [1.165, 1.54) is 0 Å². The Morgan fingerprint density at radius 1 is 0.750 bits per heavy atom. The van der Waals surface area contributed by atoms with E-state index >= 15 is 0 Å². The molecule has 2 atom stereocenters. The van der Waals surface area contributed by atoms with Gasteiger partial charge in [0.25, 0.3) is 0 Å². The highest BCUT2D eigenvalue weighted by Crippen LogP contribution is 2.28. The summed E-state index contributed by atoms with van der Waals surface area (Å²) < 4.78 is 25.4. The summed E-state index contributed by atoms with van der Waals surface area (Å²) in [5, 5.41) is 0. The Hall–Kier alpha value is -1.78. The molecule has 0 spiro atoms. The molecule has 0 amide bonds. The largest absolute Gasteiger partial charge is 0.254 e. The average Bonchev–Trinajstić information content (AvgIpc) is 2.57.